The lowest BCUT2D eigenvalue weighted by molar-refractivity contribution is -0.140. The average Bonchev–Trinajstić information content (AvgIpc) is 2.24. The number of carboxylic acids is 1. The van der Waals surface area contributed by atoms with Crippen molar-refractivity contribution in [3.63, 3.8) is 0 Å². The van der Waals surface area contributed by atoms with Crippen molar-refractivity contribution in [2.45, 2.75) is 71.4 Å². The van der Waals surface area contributed by atoms with Crippen LogP contribution in [0.5, 0.6) is 0 Å². The van der Waals surface area contributed by atoms with Crippen molar-refractivity contribution < 1.29 is 9.90 Å². The summed E-state index contributed by atoms with van der Waals surface area (Å²) in [6.45, 7) is 8.36. The van der Waals surface area contributed by atoms with Crippen LogP contribution in [0, 0.1) is 0 Å². The molecule has 15 heavy (non-hydrogen) atoms. The summed E-state index contributed by atoms with van der Waals surface area (Å²) < 4.78 is 0. The maximum absolute atomic E-state index is 11.1. The van der Waals surface area contributed by atoms with Crippen LogP contribution >= 0.6 is 0 Å². The van der Waals surface area contributed by atoms with Crippen LogP contribution in [0.1, 0.15) is 59.8 Å². The largest absolute Gasteiger partial charge is 0.480 e. The maximum atomic E-state index is 11.1. The average molecular weight is 215 g/mol. The molecular weight excluding hydrogens is 190 g/mol. The van der Waals surface area contributed by atoms with Crippen LogP contribution in [0.25, 0.3) is 0 Å². The first kappa shape index (κ1) is 14.4. The van der Waals surface area contributed by atoms with E-state index in [9.17, 15) is 4.79 Å². The number of hydrogen-bond donors (Lipinski definition) is 2. The minimum atomic E-state index is -0.725. The number of rotatable bonds is 8. The van der Waals surface area contributed by atoms with Crippen LogP contribution in [0.2, 0.25) is 0 Å². The first-order valence-corrected chi connectivity index (χ1v) is 6.05. The molecule has 0 amide bonds. The van der Waals surface area contributed by atoms with Crippen molar-refractivity contribution in [3.8, 4) is 0 Å². The van der Waals surface area contributed by atoms with Gasteiger partial charge in [0.25, 0.3) is 0 Å². The fraction of sp³-hybridized carbons (Fsp3) is 0.917. The summed E-state index contributed by atoms with van der Waals surface area (Å²) in [5.41, 5.74) is -0.00176. The highest BCUT2D eigenvalue weighted by Gasteiger charge is 2.29. The molecule has 0 saturated carbocycles. The Morgan fingerprint density at radius 3 is 1.93 bits per heavy atom. The number of carboxylic acid groups (broad SMARTS) is 1. The van der Waals surface area contributed by atoms with Crippen LogP contribution < -0.4 is 5.32 Å². The van der Waals surface area contributed by atoms with Gasteiger partial charge in [-0.3, -0.25) is 10.1 Å². The number of aliphatic carboxylic acids is 1. The van der Waals surface area contributed by atoms with Crippen LogP contribution in [-0.2, 0) is 4.79 Å². The van der Waals surface area contributed by atoms with Crippen LogP contribution in [0.15, 0.2) is 0 Å². The summed E-state index contributed by atoms with van der Waals surface area (Å²) in [6, 6.07) is -0.394. The Kier molecular flexibility index (Phi) is 6.57. The van der Waals surface area contributed by atoms with Gasteiger partial charge in [-0.1, -0.05) is 34.1 Å². The molecule has 2 N–H and O–H groups in total. The molecule has 0 radical (unpaired) electrons. The van der Waals surface area contributed by atoms with Gasteiger partial charge in [0.05, 0.1) is 0 Å². The zero-order chi connectivity index (χ0) is 11.9. The number of carbonyl (C=O) groups is 1. The van der Waals surface area contributed by atoms with Crippen molar-refractivity contribution in [2.75, 3.05) is 0 Å². The third-order valence-electron chi connectivity index (χ3n) is 3.39. The molecule has 0 spiro atoms. The highest BCUT2D eigenvalue weighted by Crippen LogP contribution is 2.21. The molecule has 0 saturated heterocycles. The summed E-state index contributed by atoms with van der Waals surface area (Å²) in [4.78, 5) is 11.1. The summed E-state index contributed by atoms with van der Waals surface area (Å²) in [5.74, 6) is -0.725. The second kappa shape index (κ2) is 6.83. The third kappa shape index (κ3) is 4.20. The van der Waals surface area contributed by atoms with E-state index in [0.29, 0.717) is 6.42 Å². The lowest BCUT2D eigenvalue weighted by Gasteiger charge is -2.35. The van der Waals surface area contributed by atoms with Gasteiger partial charge in [-0.2, -0.15) is 0 Å². The molecule has 0 aliphatic rings. The standard InChI is InChI=1S/C12H25NO2/c1-5-9-10(11(14)15)13-12(6-2,7-3)8-4/h10,13H,5-9H2,1-4H3,(H,14,15). The molecule has 0 aliphatic carbocycles. The minimum absolute atomic E-state index is 0.00176. The van der Waals surface area contributed by atoms with E-state index in [0.717, 1.165) is 25.7 Å². The van der Waals surface area contributed by atoms with Gasteiger partial charge >= 0.3 is 5.97 Å². The van der Waals surface area contributed by atoms with Crippen LogP contribution in [0.4, 0.5) is 0 Å². The highest BCUT2D eigenvalue weighted by molar-refractivity contribution is 5.73. The second-order valence-electron chi connectivity index (χ2n) is 4.16. The summed E-state index contributed by atoms with van der Waals surface area (Å²) in [7, 11) is 0. The fourth-order valence-corrected chi connectivity index (χ4v) is 1.97. The summed E-state index contributed by atoms with van der Waals surface area (Å²) >= 11 is 0. The molecule has 0 fully saturated rings. The van der Waals surface area contributed by atoms with Crippen LogP contribution in [-0.4, -0.2) is 22.7 Å². The maximum Gasteiger partial charge on any atom is 0.320 e. The van der Waals surface area contributed by atoms with E-state index in [-0.39, 0.29) is 5.54 Å². The molecule has 0 rings (SSSR count). The highest BCUT2D eigenvalue weighted by atomic mass is 16.4. The van der Waals surface area contributed by atoms with Crippen molar-refractivity contribution >= 4 is 5.97 Å². The molecule has 90 valence electrons. The molecule has 1 unspecified atom stereocenters. The van der Waals surface area contributed by atoms with Gasteiger partial charge in [0.1, 0.15) is 6.04 Å². The first-order valence-electron chi connectivity index (χ1n) is 6.05. The topological polar surface area (TPSA) is 49.3 Å². The summed E-state index contributed by atoms with van der Waals surface area (Å²) in [6.07, 6.45) is 4.54. The van der Waals surface area contributed by atoms with E-state index in [2.05, 4.69) is 26.1 Å². The van der Waals surface area contributed by atoms with Gasteiger partial charge < -0.3 is 5.11 Å². The third-order valence-corrected chi connectivity index (χ3v) is 3.39. The zero-order valence-corrected chi connectivity index (χ0v) is 10.5. The Labute approximate surface area is 93.3 Å². The van der Waals surface area contributed by atoms with Crippen molar-refractivity contribution in [2.24, 2.45) is 0 Å². The Bertz CT molecular complexity index is 180. The molecule has 0 aliphatic heterocycles. The van der Waals surface area contributed by atoms with E-state index in [4.69, 9.17) is 5.11 Å². The van der Waals surface area contributed by atoms with Gasteiger partial charge in [-0.05, 0) is 25.7 Å². The molecule has 0 aromatic carbocycles. The van der Waals surface area contributed by atoms with Crippen LogP contribution in [0.3, 0.4) is 0 Å². The molecule has 3 nitrogen and oxygen atoms in total. The zero-order valence-electron chi connectivity index (χ0n) is 10.5. The smallest absolute Gasteiger partial charge is 0.320 e. The Morgan fingerprint density at radius 2 is 1.67 bits per heavy atom. The molecular formula is C12H25NO2. The molecule has 1 atom stereocenters. The van der Waals surface area contributed by atoms with Gasteiger partial charge in [0, 0.05) is 5.54 Å². The SMILES string of the molecule is CCCC(NC(CC)(CC)CC)C(=O)O. The monoisotopic (exact) mass is 215 g/mol. The van der Waals surface area contributed by atoms with Gasteiger partial charge in [0.2, 0.25) is 0 Å². The van der Waals surface area contributed by atoms with Gasteiger partial charge in [-0.25, -0.2) is 0 Å². The van der Waals surface area contributed by atoms with E-state index in [1.165, 1.54) is 0 Å². The van der Waals surface area contributed by atoms with E-state index < -0.39 is 12.0 Å². The molecule has 3 heteroatoms. The predicted octanol–water partition coefficient (Wildman–Crippen LogP) is 2.80. The van der Waals surface area contributed by atoms with Crippen molar-refractivity contribution in [1.29, 1.82) is 0 Å². The molecule has 0 aromatic heterocycles. The van der Waals surface area contributed by atoms with Crippen molar-refractivity contribution in [1.82, 2.24) is 5.32 Å². The van der Waals surface area contributed by atoms with Crippen molar-refractivity contribution in [3.05, 3.63) is 0 Å². The van der Waals surface area contributed by atoms with Gasteiger partial charge in [0.15, 0.2) is 0 Å². The lowest BCUT2D eigenvalue weighted by atomic mass is 9.88. The predicted molar refractivity (Wildman–Crippen MR) is 63.1 cm³/mol. The molecule has 0 bridgehead atoms. The molecule has 0 heterocycles. The van der Waals surface area contributed by atoms with E-state index in [1.807, 2.05) is 6.92 Å². The quantitative estimate of drug-likeness (QED) is 0.654. The first-order chi connectivity index (χ1) is 7.05. The fourth-order valence-electron chi connectivity index (χ4n) is 1.97. The number of nitrogens with one attached hydrogen (secondary N) is 1. The Morgan fingerprint density at radius 1 is 1.20 bits per heavy atom. The molecule has 0 aromatic rings. The summed E-state index contributed by atoms with van der Waals surface area (Å²) in [5, 5.41) is 12.4. The lowest BCUT2D eigenvalue weighted by Crippen LogP contribution is -2.52. The van der Waals surface area contributed by atoms with Gasteiger partial charge in [-0.15, -0.1) is 0 Å². The van der Waals surface area contributed by atoms with E-state index in [1.54, 1.807) is 0 Å². The minimum Gasteiger partial charge on any atom is -0.480 e. The number of hydrogen-bond acceptors (Lipinski definition) is 2. The Balaban J connectivity index is 4.52. The second-order valence-corrected chi connectivity index (χ2v) is 4.16. The van der Waals surface area contributed by atoms with E-state index >= 15 is 0 Å². The normalized spacial score (nSPS) is 13.9. The Hall–Kier alpha value is -0.570.